The lowest BCUT2D eigenvalue weighted by molar-refractivity contribution is -0.115. The third-order valence-corrected chi connectivity index (χ3v) is 8.58. The summed E-state index contributed by atoms with van der Waals surface area (Å²) in [6.07, 6.45) is 12.7. The van der Waals surface area contributed by atoms with E-state index < -0.39 is 0 Å². The molecule has 0 aromatic carbocycles. The summed E-state index contributed by atoms with van der Waals surface area (Å²) in [5.74, 6) is 2.11. The Labute approximate surface area is 164 Å². The van der Waals surface area contributed by atoms with Crippen LogP contribution in [-0.4, -0.2) is 11.7 Å². The van der Waals surface area contributed by atoms with Gasteiger partial charge in [0.25, 0.3) is 5.91 Å². The number of allylic oxidation sites excluding steroid dienone is 5. The van der Waals surface area contributed by atoms with Crippen molar-refractivity contribution in [3.63, 3.8) is 0 Å². The van der Waals surface area contributed by atoms with Crippen molar-refractivity contribution in [2.24, 2.45) is 28.6 Å². The predicted octanol–water partition coefficient (Wildman–Crippen LogP) is 5.04. The molecule has 0 saturated heterocycles. The first-order chi connectivity index (χ1) is 12.3. The van der Waals surface area contributed by atoms with Crippen LogP contribution in [-0.2, 0) is 9.59 Å². The summed E-state index contributed by atoms with van der Waals surface area (Å²) in [7, 11) is 0. The van der Waals surface area contributed by atoms with Crippen LogP contribution in [0.1, 0.15) is 59.3 Å². The van der Waals surface area contributed by atoms with E-state index in [1.165, 1.54) is 30.4 Å². The van der Waals surface area contributed by atoms with Gasteiger partial charge in [0.15, 0.2) is 5.78 Å². The van der Waals surface area contributed by atoms with Gasteiger partial charge >= 0.3 is 0 Å². The fraction of sp³-hybridized carbons (Fsp3) is 0.636. The number of nitrogens with one attached hydrogen (secondary N) is 1. The zero-order valence-electron chi connectivity index (χ0n) is 15.9. The van der Waals surface area contributed by atoms with E-state index in [1.807, 2.05) is 13.0 Å². The molecule has 3 saturated carbocycles. The summed E-state index contributed by atoms with van der Waals surface area (Å²) in [6.45, 7) is 6.72. The van der Waals surface area contributed by atoms with Crippen molar-refractivity contribution >= 4 is 27.8 Å². The van der Waals surface area contributed by atoms with Crippen LogP contribution < -0.4 is 4.34 Å². The Bertz CT molecular complexity index is 764. The van der Waals surface area contributed by atoms with Crippen molar-refractivity contribution in [3.8, 4) is 0 Å². The van der Waals surface area contributed by atoms with Gasteiger partial charge in [-0.2, -0.15) is 0 Å². The van der Waals surface area contributed by atoms with Crippen LogP contribution in [0.15, 0.2) is 34.9 Å². The summed E-state index contributed by atoms with van der Waals surface area (Å²) in [6, 6.07) is 0. The van der Waals surface area contributed by atoms with Crippen LogP contribution in [0.4, 0.5) is 0 Å². The third kappa shape index (κ3) is 2.44. The van der Waals surface area contributed by atoms with Crippen LogP contribution >= 0.6 is 16.1 Å². The Hall–Kier alpha value is -1.16. The summed E-state index contributed by atoms with van der Waals surface area (Å²) in [5, 5.41) is 0. The molecule has 0 bridgehead atoms. The Balaban J connectivity index is 1.69. The third-order valence-electron chi connectivity index (χ3n) is 8.22. The highest BCUT2D eigenvalue weighted by Gasteiger charge is 2.57. The van der Waals surface area contributed by atoms with E-state index in [4.69, 9.17) is 0 Å². The average molecular weight is 418 g/mol. The maximum Gasteiger partial charge on any atom is 0.256 e. The smallest absolute Gasteiger partial charge is 0.256 e. The molecule has 4 heteroatoms. The van der Waals surface area contributed by atoms with Gasteiger partial charge < -0.3 is 0 Å². The summed E-state index contributed by atoms with van der Waals surface area (Å²) >= 11 is 3.10. The van der Waals surface area contributed by atoms with Crippen molar-refractivity contribution in [3.05, 3.63) is 34.9 Å². The van der Waals surface area contributed by atoms with E-state index in [2.05, 4.69) is 40.4 Å². The summed E-state index contributed by atoms with van der Waals surface area (Å²) in [4.78, 5) is 24.1. The number of carbonyl (C=O) groups is 2. The summed E-state index contributed by atoms with van der Waals surface area (Å²) in [5.41, 5.74) is 3.82. The Morgan fingerprint density at radius 3 is 2.69 bits per heavy atom. The molecule has 0 unspecified atom stereocenters. The molecule has 0 aromatic rings. The van der Waals surface area contributed by atoms with Crippen molar-refractivity contribution < 1.29 is 9.59 Å². The molecule has 1 N–H and O–H groups in total. The van der Waals surface area contributed by atoms with Gasteiger partial charge in [-0.25, -0.2) is 0 Å². The molecule has 4 aliphatic rings. The van der Waals surface area contributed by atoms with Gasteiger partial charge in [-0.05, 0) is 80.8 Å². The molecule has 0 heterocycles. The molecule has 140 valence electrons. The lowest BCUT2D eigenvalue weighted by Gasteiger charge is -2.56. The largest absolute Gasteiger partial charge is 0.290 e. The second kappa shape index (κ2) is 6.19. The van der Waals surface area contributed by atoms with E-state index in [-0.39, 0.29) is 22.5 Å². The van der Waals surface area contributed by atoms with Crippen LogP contribution in [0.25, 0.3) is 0 Å². The van der Waals surface area contributed by atoms with Crippen LogP contribution in [0.2, 0.25) is 0 Å². The van der Waals surface area contributed by atoms with Crippen molar-refractivity contribution in [2.75, 3.05) is 0 Å². The van der Waals surface area contributed by atoms with Gasteiger partial charge in [-0.1, -0.05) is 31.1 Å². The molecule has 26 heavy (non-hydrogen) atoms. The van der Waals surface area contributed by atoms with Gasteiger partial charge in [-0.15, -0.1) is 0 Å². The number of carbonyl (C=O) groups excluding carboxylic acids is 2. The SMILES string of the molecule is CC(C(=O)NBr)=C1CC[C@H]2[C@@H]3CCC4=CC(=O)C=C[C@]4(C)[C@H]3CC[C@]12C. The minimum absolute atomic E-state index is 0.00134. The molecule has 0 radical (unpaired) electrons. The molecule has 0 spiro atoms. The van der Waals surface area contributed by atoms with E-state index >= 15 is 0 Å². The highest BCUT2D eigenvalue weighted by molar-refractivity contribution is 9.08. The van der Waals surface area contributed by atoms with Gasteiger partial charge in [0.2, 0.25) is 0 Å². The highest BCUT2D eigenvalue weighted by atomic mass is 79.9. The first kappa shape index (κ1) is 18.2. The number of amides is 1. The van der Waals surface area contributed by atoms with E-state index in [0.717, 1.165) is 24.8 Å². The first-order valence-corrected chi connectivity index (χ1v) is 10.7. The number of fused-ring (bicyclic) bond motifs is 5. The second-order valence-corrected chi connectivity index (χ2v) is 9.52. The standard InChI is InChI=1S/C22H28BrNO2/c1-13(20(26)24-23)17-6-7-18-16-5-4-14-12-15(25)8-10-21(14,2)19(16)9-11-22(17,18)3/h8,10,12,16,18-19H,4-7,9,11H2,1-3H3,(H,24,26)/t16-,18-,19-,21-,22+/m0/s1. The normalized spacial score (nSPS) is 43.2. The Kier molecular flexibility index (Phi) is 4.33. The lowest BCUT2D eigenvalue weighted by Crippen LogP contribution is -2.48. The van der Waals surface area contributed by atoms with Gasteiger partial charge in [0, 0.05) is 27.1 Å². The molecular formula is C22H28BrNO2. The molecular weight excluding hydrogens is 390 g/mol. The van der Waals surface area contributed by atoms with Crippen molar-refractivity contribution in [1.82, 2.24) is 4.34 Å². The first-order valence-electron chi connectivity index (χ1n) is 9.86. The molecule has 4 aliphatic carbocycles. The van der Waals surface area contributed by atoms with Crippen LogP contribution in [0, 0.1) is 28.6 Å². The van der Waals surface area contributed by atoms with E-state index in [0.29, 0.717) is 17.8 Å². The van der Waals surface area contributed by atoms with Gasteiger partial charge in [0.05, 0.1) is 0 Å². The molecule has 0 aliphatic heterocycles. The molecule has 5 atom stereocenters. The highest BCUT2D eigenvalue weighted by Crippen LogP contribution is 2.66. The predicted molar refractivity (Wildman–Crippen MR) is 106 cm³/mol. The Morgan fingerprint density at radius 1 is 1.19 bits per heavy atom. The number of ketones is 1. The second-order valence-electron chi connectivity index (χ2n) is 9.13. The molecule has 0 aromatic heterocycles. The van der Waals surface area contributed by atoms with Gasteiger partial charge in [-0.3, -0.25) is 13.9 Å². The minimum Gasteiger partial charge on any atom is -0.290 e. The zero-order valence-corrected chi connectivity index (χ0v) is 17.5. The summed E-state index contributed by atoms with van der Waals surface area (Å²) < 4.78 is 2.63. The molecule has 4 rings (SSSR count). The van der Waals surface area contributed by atoms with E-state index in [1.54, 1.807) is 6.08 Å². The fourth-order valence-corrected chi connectivity index (χ4v) is 7.13. The average Bonchev–Trinajstić information content (AvgIpc) is 2.98. The van der Waals surface area contributed by atoms with Crippen molar-refractivity contribution in [2.45, 2.75) is 59.3 Å². The Morgan fingerprint density at radius 2 is 1.96 bits per heavy atom. The number of halogens is 1. The lowest BCUT2D eigenvalue weighted by atomic mass is 9.48. The number of rotatable bonds is 1. The number of hydrogen-bond donors (Lipinski definition) is 1. The topological polar surface area (TPSA) is 46.2 Å². The zero-order chi connectivity index (χ0) is 18.7. The van der Waals surface area contributed by atoms with Crippen molar-refractivity contribution in [1.29, 1.82) is 0 Å². The van der Waals surface area contributed by atoms with Crippen LogP contribution in [0.3, 0.4) is 0 Å². The molecule has 3 fully saturated rings. The quantitative estimate of drug-likeness (QED) is 0.479. The maximum absolute atomic E-state index is 12.2. The molecule has 3 nitrogen and oxygen atoms in total. The van der Waals surface area contributed by atoms with Crippen LogP contribution in [0.5, 0.6) is 0 Å². The number of hydrogen-bond acceptors (Lipinski definition) is 2. The van der Waals surface area contributed by atoms with E-state index in [9.17, 15) is 9.59 Å². The monoisotopic (exact) mass is 417 g/mol. The maximum atomic E-state index is 12.2. The minimum atomic E-state index is -0.00134. The molecule has 1 amide bonds. The fourth-order valence-electron chi connectivity index (χ4n) is 6.83. The van der Waals surface area contributed by atoms with Gasteiger partial charge in [0.1, 0.15) is 0 Å².